The Balaban J connectivity index is 1.61. The van der Waals surface area contributed by atoms with Crippen LogP contribution in [0.3, 0.4) is 0 Å². The van der Waals surface area contributed by atoms with Crippen molar-refractivity contribution in [3.63, 3.8) is 0 Å². The Bertz CT molecular complexity index is 838. The summed E-state index contributed by atoms with van der Waals surface area (Å²) in [7, 11) is 0. The number of furan rings is 1. The van der Waals surface area contributed by atoms with Crippen molar-refractivity contribution in [1.82, 2.24) is 19.4 Å². The number of nitrogens with zero attached hydrogens (tertiary/aromatic N) is 4. The molecule has 1 aliphatic heterocycles. The van der Waals surface area contributed by atoms with Gasteiger partial charge in [0, 0.05) is 31.7 Å². The van der Waals surface area contributed by atoms with Gasteiger partial charge in [-0.2, -0.15) is 0 Å². The average molecular weight is 310 g/mol. The van der Waals surface area contributed by atoms with Crippen molar-refractivity contribution in [1.29, 1.82) is 0 Å². The van der Waals surface area contributed by atoms with Crippen LogP contribution in [0.15, 0.2) is 41.3 Å². The van der Waals surface area contributed by atoms with Gasteiger partial charge in [-0.3, -0.25) is 4.79 Å². The first kappa shape index (κ1) is 14.0. The lowest BCUT2D eigenvalue weighted by Gasteiger charge is -2.16. The van der Waals surface area contributed by atoms with Crippen molar-refractivity contribution in [3.8, 4) is 0 Å². The molecule has 6 nitrogen and oxygen atoms in total. The highest BCUT2D eigenvalue weighted by Gasteiger charge is 2.31. The molecule has 1 amide bonds. The van der Waals surface area contributed by atoms with E-state index in [1.807, 2.05) is 17.0 Å². The second-order valence-electron chi connectivity index (χ2n) is 5.81. The largest absolute Gasteiger partial charge is 0.472 e. The summed E-state index contributed by atoms with van der Waals surface area (Å²) in [6, 6.07) is 5.60. The van der Waals surface area contributed by atoms with Crippen LogP contribution >= 0.6 is 0 Å². The number of hydrogen-bond acceptors (Lipinski definition) is 4. The van der Waals surface area contributed by atoms with Crippen LogP contribution in [0.1, 0.15) is 35.4 Å². The van der Waals surface area contributed by atoms with Gasteiger partial charge in [-0.15, -0.1) is 0 Å². The molecular weight excluding hydrogens is 292 g/mol. The number of likely N-dealkylation sites (tertiary alicyclic amines) is 1. The van der Waals surface area contributed by atoms with Crippen LogP contribution in [-0.4, -0.2) is 38.4 Å². The minimum absolute atomic E-state index is 0.0264. The number of aromatic nitrogens is 3. The summed E-state index contributed by atoms with van der Waals surface area (Å²) in [6.07, 6.45) is 5.75. The number of pyridine rings is 1. The van der Waals surface area contributed by atoms with E-state index in [1.165, 1.54) is 12.5 Å². The zero-order valence-corrected chi connectivity index (χ0v) is 13.0. The fraction of sp³-hybridized carbons (Fsp3) is 0.353. The average Bonchev–Trinajstić information content (AvgIpc) is 3.31. The number of carbonyl (C=O) groups is 1. The molecular formula is C17H18N4O2. The third kappa shape index (κ3) is 2.30. The lowest BCUT2D eigenvalue weighted by molar-refractivity contribution is 0.0789. The molecule has 0 bridgehead atoms. The molecule has 1 atom stereocenters. The van der Waals surface area contributed by atoms with Gasteiger partial charge in [0.1, 0.15) is 17.6 Å². The normalized spacial score (nSPS) is 18.0. The molecule has 3 aromatic heterocycles. The maximum atomic E-state index is 12.4. The van der Waals surface area contributed by atoms with E-state index < -0.39 is 0 Å². The number of hydrogen-bond donors (Lipinski definition) is 0. The molecule has 1 unspecified atom stereocenters. The van der Waals surface area contributed by atoms with E-state index in [0.717, 1.165) is 36.5 Å². The summed E-state index contributed by atoms with van der Waals surface area (Å²) in [5, 5.41) is 0. The zero-order chi connectivity index (χ0) is 15.8. The van der Waals surface area contributed by atoms with Crippen molar-refractivity contribution >= 4 is 17.1 Å². The molecule has 0 N–H and O–H groups in total. The van der Waals surface area contributed by atoms with Crippen LogP contribution in [0.25, 0.3) is 11.2 Å². The summed E-state index contributed by atoms with van der Waals surface area (Å²) < 4.78 is 7.17. The lowest BCUT2D eigenvalue weighted by Crippen LogP contribution is -2.28. The summed E-state index contributed by atoms with van der Waals surface area (Å²) in [4.78, 5) is 23.5. The third-order valence-corrected chi connectivity index (χ3v) is 4.46. The molecule has 1 aliphatic rings. The molecule has 118 valence electrons. The third-order valence-electron chi connectivity index (χ3n) is 4.46. The number of aryl methyl sites for hydroxylation is 1. The van der Waals surface area contributed by atoms with Crippen molar-refractivity contribution in [3.05, 3.63) is 48.3 Å². The molecule has 1 fully saturated rings. The summed E-state index contributed by atoms with van der Waals surface area (Å²) >= 11 is 0. The first-order valence-electron chi connectivity index (χ1n) is 7.90. The molecule has 0 aliphatic carbocycles. The number of rotatable bonds is 3. The molecule has 1 saturated heterocycles. The Labute approximate surface area is 133 Å². The van der Waals surface area contributed by atoms with Crippen LogP contribution < -0.4 is 0 Å². The fourth-order valence-electron chi connectivity index (χ4n) is 3.32. The summed E-state index contributed by atoms with van der Waals surface area (Å²) in [5.41, 5.74) is 2.45. The highest BCUT2D eigenvalue weighted by molar-refractivity contribution is 5.94. The van der Waals surface area contributed by atoms with E-state index >= 15 is 0 Å². The van der Waals surface area contributed by atoms with Gasteiger partial charge in [0.05, 0.1) is 11.8 Å². The van der Waals surface area contributed by atoms with Gasteiger partial charge in [0.2, 0.25) is 0 Å². The van der Waals surface area contributed by atoms with Crippen LogP contribution in [0.4, 0.5) is 0 Å². The van der Waals surface area contributed by atoms with Gasteiger partial charge in [-0.25, -0.2) is 9.97 Å². The molecule has 0 aromatic carbocycles. The number of fused-ring (bicyclic) bond motifs is 1. The molecule has 0 radical (unpaired) electrons. The second-order valence-corrected chi connectivity index (χ2v) is 5.81. The molecule has 6 heteroatoms. The van der Waals surface area contributed by atoms with Gasteiger partial charge in [0.15, 0.2) is 5.65 Å². The molecule has 4 rings (SSSR count). The highest BCUT2D eigenvalue weighted by Crippen LogP contribution is 2.29. The second kappa shape index (κ2) is 5.53. The molecule has 3 aromatic rings. The van der Waals surface area contributed by atoms with E-state index in [9.17, 15) is 4.79 Å². The predicted octanol–water partition coefficient (Wildman–Crippen LogP) is 2.67. The number of imidazole rings is 1. The number of amides is 1. The minimum Gasteiger partial charge on any atom is -0.472 e. The summed E-state index contributed by atoms with van der Waals surface area (Å²) in [6.45, 7) is 4.36. The van der Waals surface area contributed by atoms with Gasteiger partial charge < -0.3 is 13.9 Å². The van der Waals surface area contributed by atoms with Crippen LogP contribution in [0.5, 0.6) is 0 Å². The van der Waals surface area contributed by atoms with E-state index in [-0.39, 0.29) is 11.8 Å². The Morgan fingerprint density at radius 3 is 3.13 bits per heavy atom. The quantitative estimate of drug-likeness (QED) is 0.746. The van der Waals surface area contributed by atoms with Crippen LogP contribution in [0, 0.1) is 0 Å². The fourth-order valence-corrected chi connectivity index (χ4v) is 3.32. The highest BCUT2D eigenvalue weighted by atomic mass is 16.3. The van der Waals surface area contributed by atoms with Crippen LogP contribution in [0.2, 0.25) is 0 Å². The zero-order valence-electron chi connectivity index (χ0n) is 13.0. The molecule has 0 spiro atoms. The van der Waals surface area contributed by atoms with Crippen molar-refractivity contribution in [2.75, 3.05) is 13.1 Å². The first-order valence-corrected chi connectivity index (χ1v) is 7.90. The Morgan fingerprint density at radius 2 is 2.35 bits per heavy atom. The topological polar surface area (TPSA) is 64.2 Å². The van der Waals surface area contributed by atoms with Gasteiger partial charge in [-0.05, 0) is 31.5 Å². The van der Waals surface area contributed by atoms with Gasteiger partial charge in [0.25, 0.3) is 5.91 Å². The molecule has 23 heavy (non-hydrogen) atoms. The minimum atomic E-state index is 0.0264. The van der Waals surface area contributed by atoms with Crippen LogP contribution in [-0.2, 0) is 6.54 Å². The molecule has 4 heterocycles. The monoisotopic (exact) mass is 310 g/mol. The predicted molar refractivity (Wildman–Crippen MR) is 85.2 cm³/mol. The van der Waals surface area contributed by atoms with E-state index in [2.05, 4.69) is 16.5 Å². The maximum absolute atomic E-state index is 12.4. The van der Waals surface area contributed by atoms with Gasteiger partial charge in [-0.1, -0.05) is 0 Å². The first-order chi connectivity index (χ1) is 11.3. The molecule has 0 saturated carbocycles. The Kier molecular flexibility index (Phi) is 3.37. The SMILES string of the molecule is CCn1c(C2CCN(C(=O)c3ccoc3)C2)nc2cccnc21. The van der Waals surface area contributed by atoms with E-state index in [0.29, 0.717) is 12.1 Å². The number of carbonyl (C=O) groups excluding carboxylic acids is 1. The van der Waals surface area contributed by atoms with Gasteiger partial charge >= 0.3 is 0 Å². The van der Waals surface area contributed by atoms with Crippen molar-refractivity contribution in [2.45, 2.75) is 25.8 Å². The summed E-state index contributed by atoms with van der Waals surface area (Å²) in [5.74, 6) is 1.31. The standard InChI is InChI=1S/C17H18N4O2/c1-2-21-15(19-14-4-3-7-18-16(14)21)12-5-8-20(10-12)17(22)13-6-9-23-11-13/h3-4,6-7,9,11-12H,2,5,8,10H2,1H3. The van der Waals surface area contributed by atoms with E-state index in [1.54, 1.807) is 12.3 Å². The van der Waals surface area contributed by atoms with Crippen molar-refractivity contribution < 1.29 is 9.21 Å². The Hall–Kier alpha value is -2.63. The lowest BCUT2D eigenvalue weighted by atomic mass is 10.1. The maximum Gasteiger partial charge on any atom is 0.257 e. The van der Waals surface area contributed by atoms with E-state index in [4.69, 9.17) is 9.40 Å². The van der Waals surface area contributed by atoms with Crippen molar-refractivity contribution in [2.24, 2.45) is 0 Å². The smallest absolute Gasteiger partial charge is 0.257 e. The Morgan fingerprint density at radius 1 is 1.43 bits per heavy atom.